The minimum Gasteiger partial charge on any atom is -0.346 e. The molecule has 2 aromatic rings. The zero-order valence-corrected chi connectivity index (χ0v) is 15.9. The van der Waals surface area contributed by atoms with Crippen LogP contribution in [-0.4, -0.2) is 21.2 Å². The van der Waals surface area contributed by atoms with Crippen LogP contribution in [0.2, 0.25) is 0 Å². The second-order valence-corrected chi connectivity index (χ2v) is 8.86. The van der Waals surface area contributed by atoms with Crippen molar-refractivity contribution in [3.05, 3.63) is 45.7 Å². The van der Waals surface area contributed by atoms with Crippen molar-refractivity contribution in [2.45, 2.75) is 57.4 Å². The van der Waals surface area contributed by atoms with E-state index in [1.54, 1.807) is 0 Å². The molecule has 1 N–H and O–H groups in total. The predicted molar refractivity (Wildman–Crippen MR) is 97.8 cm³/mol. The van der Waals surface area contributed by atoms with Gasteiger partial charge < -0.3 is 5.32 Å². The third-order valence-corrected chi connectivity index (χ3v) is 5.49. The molecule has 0 radical (unpaired) electrons. The van der Waals surface area contributed by atoms with E-state index in [-0.39, 0.29) is 11.4 Å². The number of carbonyl (C=O) groups is 1. The fourth-order valence-corrected chi connectivity index (χ4v) is 4.34. The smallest absolute Gasteiger partial charge is 0.272 e. The maximum atomic E-state index is 12.8. The van der Waals surface area contributed by atoms with E-state index in [2.05, 4.69) is 33.4 Å². The molecule has 0 saturated heterocycles. The second kappa shape index (κ2) is 5.45. The first-order chi connectivity index (χ1) is 11.3. The van der Waals surface area contributed by atoms with Gasteiger partial charge in [-0.2, -0.15) is 5.10 Å². The van der Waals surface area contributed by atoms with Crippen LogP contribution in [0.5, 0.6) is 0 Å². The van der Waals surface area contributed by atoms with Crippen LogP contribution in [-0.2, 0) is 0 Å². The van der Waals surface area contributed by atoms with Crippen LogP contribution in [0.15, 0.2) is 28.7 Å². The molecule has 1 fully saturated rings. The molecule has 0 aliphatic heterocycles. The van der Waals surface area contributed by atoms with Gasteiger partial charge in [0.05, 0.1) is 11.4 Å². The van der Waals surface area contributed by atoms with Crippen molar-refractivity contribution < 1.29 is 4.79 Å². The van der Waals surface area contributed by atoms with E-state index in [1.807, 2.05) is 37.6 Å². The summed E-state index contributed by atoms with van der Waals surface area (Å²) in [5.74, 6) is 0.981. The molecular weight excluding hydrogens is 366 g/mol. The molecule has 126 valence electrons. The molecule has 2 atom stereocenters. The molecule has 0 unspecified atom stereocenters. The largest absolute Gasteiger partial charge is 0.346 e. The molecule has 1 amide bonds. The first kappa shape index (κ1) is 15.9. The molecule has 5 heteroatoms. The van der Waals surface area contributed by atoms with Crippen molar-refractivity contribution in [1.82, 2.24) is 15.1 Å². The third-order valence-electron chi connectivity index (χ3n) is 4.96. The number of hydrogen-bond donors (Lipinski definition) is 1. The van der Waals surface area contributed by atoms with Crippen molar-refractivity contribution in [2.24, 2.45) is 0 Å². The highest BCUT2D eigenvalue weighted by Crippen LogP contribution is 2.54. The Balaban J connectivity index is 1.82. The first-order valence-corrected chi connectivity index (χ1v) is 9.34. The van der Waals surface area contributed by atoms with Crippen LogP contribution in [0.1, 0.15) is 73.6 Å². The molecule has 4 rings (SSSR count). The van der Waals surface area contributed by atoms with Gasteiger partial charge in [-0.25, -0.2) is 4.68 Å². The third kappa shape index (κ3) is 2.59. The highest BCUT2D eigenvalue weighted by atomic mass is 79.9. The summed E-state index contributed by atoms with van der Waals surface area (Å²) in [5, 5.41) is 7.82. The van der Waals surface area contributed by atoms with Crippen molar-refractivity contribution in [3.8, 4) is 5.69 Å². The Morgan fingerprint density at radius 1 is 1.21 bits per heavy atom. The lowest BCUT2D eigenvalue weighted by Gasteiger charge is -2.20. The second-order valence-electron chi connectivity index (χ2n) is 7.95. The molecule has 4 nitrogen and oxygen atoms in total. The molecule has 2 aliphatic carbocycles. The molecule has 1 aromatic heterocycles. The van der Waals surface area contributed by atoms with Gasteiger partial charge in [-0.3, -0.25) is 4.79 Å². The number of benzene rings is 1. The van der Waals surface area contributed by atoms with Gasteiger partial charge in [0.15, 0.2) is 5.69 Å². The van der Waals surface area contributed by atoms with E-state index in [0.717, 1.165) is 10.2 Å². The highest BCUT2D eigenvalue weighted by Gasteiger charge is 2.44. The number of hydrogen-bond acceptors (Lipinski definition) is 2. The molecular formula is C19H22BrN3O. The van der Waals surface area contributed by atoms with Crippen molar-refractivity contribution in [3.63, 3.8) is 0 Å². The monoisotopic (exact) mass is 387 g/mol. The quantitative estimate of drug-likeness (QED) is 0.822. The van der Waals surface area contributed by atoms with Crippen LogP contribution in [0.25, 0.3) is 5.69 Å². The van der Waals surface area contributed by atoms with E-state index < -0.39 is 0 Å². The Kier molecular flexibility index (Phi) is 3.60. The van der Waals surface area contributed by atoms with E-state index in [9.17, 15) is 4.79 Å². The van der Waals surface area contributed by atoms with Crippen LogP contribution in [0.4, 0.5) is 0 Å². The number of nitrogens with one attached hydrogen (secondary N) is 1. The fourth-order valence-electron chi connectivity index (χ4n) is 4.08. The summed E-state index contributed by atoms with van der Waals surface area (Å²) >= 11 is 3.48. The SMILES string of the molecule is CC(C)(C)NC(=O)c1nn(-c2ccc(Br)cc2)c2c1[C@H]1CC[C@H]2C1. The van der Waals surface area contributed by atoms with E-state index in [4.69, 9.17) is 5.10 Å². The Hall–Kier alpha value is -1.62. The predicted octanol–water partition coefficient (Wildman–Crippen LogP) is 4.53. The summed E-state index contributed by atoms with van der Waals surface area (Å²) in [5.41, 5.74) is 3.83. The summed E-state index contributed by atoms with van der Waals surface area (Å²) in [4.78, 5) is 12.8. The van der Waals surface area contributed by atoms with E-state index in [1.165, 1.54) is 30.5 Å². The van der Waals surface area contributed by atoms with E-state index in [0.29, 0.717) is 17.5 Å². The van der Waals surface area contributed by atoms with Gasteiger partial charge in [-0.1, -0.05) is 15.9 Å². The number of halogens is 1. The number of rotatable bonds is 2. The van der Waals surface area contributed by atoms with Gasteiger partial charge >= 0.3 is 0 Å². The zero-order chi connectivity index (χ0) is 17.1. The Labute approximate surface area is 150 Å². The standard InChI is InChI=1S/C19H22BrN3O/c1-19(2,3)21-18(24)16-15-11-4-5-12(10-11)17(15)23(22-16)14-8-6-13(20)7-9-14/h6-9,11-12H,4-5,10H2,1-3H3,(H,21,24)/t11-,12-/m0/s1. The Bertz CT molecular complexity index is 801. The van der Waals surface area contributed by atoms with Gasteiger partial charge in [0, 0.05) is 21.5 Å². The number of nitrogens with zero attached hydrogens (tertiary/aromatic N) is 2. The fraction of sp³-hybridized carbons (Fsp3) is 0.474. The highest BCUT2D eigenvalue weighted by molar-refractivity contribution is 9.10. The van der Waals surface area contributed by atoms with Gasteiger partial charge in [0.2, 0.25) is 0 Å². The van der Waals surface area contributed by atoms with Crippen molar-refractivity contribution >= 4 is 21.8 Å². The summed E-state index contributed by atoms with van der Waals surface area (Å²) in [6.45, 7) is 6.01. The summed E-state index contributed by atoms with van der Waals surface area (Å²) in [6, 6.07) is 8.14. The minimum absolute atomic E-state index is 0.0536. The van der Waals surface area contributed by atoms with Gasteiger partial charge in [-0.15, -0.1) is 0 Å². The molecule has 1 aromatic carbocycles. The van der Waals surface area contributed by atoms with Crippen molar-refractivity contribution in [1.29, 1.82) is 0 Å². The lowest BCUT2D eigenvalue weighted by molar-refractivity contribution is 0.0912. The van der Waals surface area contributed by atoms with Gasteiger partial charge in [0.1, 0.15) is 0 Å². The van der Waals surface area contributed by atoms with Crippen LogP contribution < -0.4 is 5.32 Å². The summed E-state index contributed by atoms with van der Waals surface area (Å²) < 4.78 is 3.05. The van der Waals surface area contributed by atoms with E-state index >= 15 is 0 Å². The molecule has 1 heterocycles. The summed E-state index contributed by atoms with van der Waals surface area (Å²) in [7, 11) is 0. The Morgan fingerprint density at radius 3 is 2.54 bits per heavy atom. The van der Waals surface area contributed by atoms with Crippen LogP contribution >= 0.6 is 15.9 Å². The lowest BCUT2D eigenvalue weighted by Crippen LogP contribution is -2.41. The molecule has 1 saturated carbocycles. The average Bonchev–Trinajstić information content (AvgIpc) is 3.18. The first-order valence-electron chi connectivity index (χ1n) is 8.55. The minimum atomic E-state index is -0.261. The van der Waals surface area contributed by atoms with Crippen LogP contribution in [0, 0.1) is 0 Å². The lowest BCUT2D eigenvalue weighted by atomic mass is 9.95. The van der Waals surface area contributed by atoms with Crippen molar-refractivity contribution in [2.75, 3.05) is 0 Å². The maximum Gasteiger partial charge on any atom is 0.272 e. The topological polar surface area (TPSA) is 46.9 Å². The van der Waals surface area contributed by atoms with Crippen LogP contribution in [0.3, 0.4) is 0 Å². The van der Waals surface area contributed by atoms with Gasteiger partial charge in [0.25, 0.3) is 5.91 Å². The number of fused-ring (bicyclic) bond motifs is 5. The molecule has 2 aliphatic rings. The maximum absolute atomic E-state index is 12.8. The Morgan fingerprint density at radius 2 is 1.88 bits per heavy atom. The van der Waals surface area contributed by atoms with Gasteiger partial charge in [-0.05, 0) is 70.2 Å². The average molecular weight is 388 g/mol. The number of amides is 1. The summed E-state index contributed by atoms with van der Waals surface area (Å²) in [6.07, 6.45) is 3.55. The normalized spacial score (nSPS) is 21.8. The number of carbonyl (C=O) groups excluding carboxylic acids is 1. The molecule has 2 bridgehead atoms. The molecule has 0 spiro atoms. The molecule has 24 heavy (non-hydrogen) atoms. The zero-order valence-electron chi connectivity index (χ0n) is 14.3. The number of aromatic nitrogens is 2.